The number of nitrogens with one attached hydrogen (secondary N) is 1. The summed E-state index contributed by atoms with van der Waals surface area (Å²) in [6.45, 7) is 4.42. The third kappa shape index (κ3) is 4.79. The average Bonchev–Trinajstić information content (AvgIpc) is 2.34. The third-order valence-electron chi connectivity index (χ3n) is 2.80. The van der Waals surface area contributed by atoms with Gasteiger partial charge in [-0.05, 0) is 40.1 Å². The van der Waals surface area contributed by atoms with E-state index in [-0.39, 0.29) is 0 Å². The Bertz CT molecular complexity index is 473. The lowest BCUT2D eigenvalue weighted by atomic mass is 10.1. The van der Waals surface area contributed by atoms with Gasteiger partial charge < -0.3 is 20.1 Å². The lowest BCUT2D eigenvalue weighted by Gasteiger charge is -2.27. The highest BCUT2D eigenvalue weighted by Gasteiger charge is 2.21. The Balaban J connectivity index is 2.71. The number of nitrogens with zero attached hydrogens (tertiary/aromatic N) is 2. The van der Waals surface area contributed by atoms with Gasteiger partial charge in [0.25, 0.3) is 0 Å². The molecular formula is C14H23N3O3. The second-order valence-corrected chi connectivity index (χ2v) is 5.41. The number of pyridine rings is 1. The van der Waals surface area contributed by atoms with Gasteiger partial charge in [-0.2, -0.15) is 0 Å². The van der Waals surface area contributed by atoms with Gasteiger partial charge in [0.1, 0.15) is 5.82 Å². The SMILES string of the molecule is COC(=O)c1ccc(NCC(C)(O)CN(C)C)nc1C. The number of carbonyl (C=O) groups is 1. The van der Waals surface area contributed by atoms with Gasteiger partial charge in [0.05, 0.1) is 24.0 Å². The Kier molecular flexibility index (Phi) is 5.47. The maximum atomic E-state index is 11.5. The van der Waals surface area contributed by atoms with Crippen LogP contribution in [0.1, 0.15) is 23.0 Å². The largest absolute Gasteiger partial charge is 0.465 e. The highest BCUT2D eigenvalue weighted by Crippen LogP contribution is 2.13. The molecule has 2 N–H and O–H groups in total. The van der Waals surface area contributed by atoms with Crippen LogP contribution in [0.2, 0.25) is 0 Å². The van der Waals surface area contributed by atoms with Crippen molar-refractivity contribution in [3.8, 4) is 0 Å². The van der Waals surface area contributed by atoms with E-state index < -0.39 is 11.6 Å². The molecule has 1 unspecified atom stereocenters. The average molecular weight is 281 g/mol. The van der Waals surface area contributed by atoms with Gasteiger partial charge in [-0.15, -0.1) is 0 Å². The molecule has 0 aliphatic heterocycles. The van der Waals surface area contributed by atoms with E-state index in [2.05, 4.69) is 15.0 Å². The first kappa shape index (κ1) is 16.4. The predicted molar refractivity (Wildman–Crippen MR) is 78.0 cm³/mol. The number of hydrogen-bond acceptors (Lipinski definition) is 6. The number of carbonyl (C=O) groups excluding carboxylic acids is 1. The molecule has 0 radical (unpaired) electrons. The second kappa shape index (κ2) is 6.67. The van der Waals surface area contributed by atoms with Crippen LogP contribution in [-0.2, 0) is 4.74 Å². The van der Waals surface area contributed by atoms with E-state index in [1.54, 1.807) is 26.0 Å². The van der Waals surface area contributed by atoms with Crippen molar-refractivity contribution in [3.05, 3.63) is 23.4 Å². The monoisotopic (exact) mass is 281 g/mol. The molecule has 1 aromatic rings. The van der Waals surface area contributed by atoms with Gasteiger partial charge in [-0.25, -0.2) is 9.78 Å². The maximum Gasteiger partial charge on any atom is 0.339 e. The molecule has 0 bridgehead atoms. The predicted octanol–water partition coefficient (Wildman–Crippen LogP) is 0.901. The fourth-order valence-electron chi connectivity index (χ4n) is 2.00. The van der Waals surface area contributed by atoms with Crippen molar-refractivity contribution in [1.82, 2.24) is 9.88 Å². The molecule has 0 saturated carbocycles. The summed E-state index contributed by atoms with van der Waals surface area (Å²) >= 11 is 0. The van der Waals surface area contributed by atoms with Crippen molar-refractivity contribution < 1.29 is 14.6 Å². The van der Waals surface area contributed by atoms with Crippen LogP contribution in [0.3, 0.4) is 0 Å². The van der Waals surface area contributed by atoms with Crippen molar-refractivity contribution >= 4 is 11.8 Å². The Morgan fingerprint density at radius 3 is 2.65 bits per heavy atom. The number of methoxy groups -OCH3 is 1. The maximum absolute atomic E-state index is 11.5. The van der Waals surface area contributed by atoms with Crippen molar-refractivity contribution in [2.24, 2.45) is 0 Å². The second-order valence-electron chi connectivity index (χ2n) is 5.41. The van der Waals surface area contributed by atoms with Gasteiger partial charge in [-0.3, -0.25) is 0 Å². The Morgan fingerprint density at radius 2 is 2.15 bits per heavy atom. The first-order valence-corrected chi connectivity index (χ1v) is 6.42. The van der Waals surface area contributed by atoms with Crippen LogP contribution in [0.15, 0.2) is 12.1 Å². The number of anilines is 1. The Morgan fingerprint density at radius 1 is 1.50 bits per heavy atom. The molecule has 1 rings (SSSR count). The molecule has 1 heterocycles. The number of ether oxygens (including phenoxy) is 1. The first-order chi connectivity index (χ1) is 9.25. The molecular weight excluding hydrogens is 258 g/mol. The molecule has 0 amide bonds. The molecule has 6 nitrogen and oxygen atoms in total. The number of hydrogen-bond donors (Lipinski definition) is 2. The van der Waals surface area contributed by atoms with E-state index in [1.807, 2.05) is 19.0 Å². The number of likely N-dealkylation sites (N-methyl/N-ethyl adjacent to an activating group) is 1. The molecule has 1 atom stereocenters. The summed E-state index contributed by atoms with van der Waals surface area (Å²) in [6.07, 6.45) is 0. The smallest absolute Gasteiger partial charge is 0.339 e. The van der Waals surface area contributed by atoms with Crippen LogP contribution in [0, 0.1) is 6.92 Å². The summed E-state index contributed by atoms with van der Waals surface area (Å²) in [7, 11) is 5.15. The molecule has 0 aliphatic carbocycles. The normalized spacial score (nSPS) is 13.9. The van der Waals surface area contributed by atoms with Crippen molar-refractivity contribution in [2.75, 3.05) is 39.6 Å². The van der Waals surface area contributed by atoms with Crippen molar-refractivity contribution in [2.45, 2.75) is 19.4 Å². The van der Waals surface area contributed by atoms with E-state index in [1.165, 1.54) is 7.11 Å². The van der Waals surface area contributed by atoms with Crippen LogP contribution in [0.5, 0.6) is 0 Å². The molecule has 0 saturated heterocycles. The van der Waals surface area contributed by atoms with E-state index in [4.69, 9.17) is 0 Å². The molecule has 6 heteroatoms. The standard InChI is InChI=1S/C14H23N3O3/c1-10-11(13(18)20-5)6-7-12(16-10)15-8-14(2,19)9-17(3)4/h6-7,19H,8-9H2,1-5H3,(H,15,16). The summed E-state index contributed by atoms with van der Waals surface area (Å²) in [5.74, 6) is 0.218. The quantitative estimate of drug-likeness (QED) is 0.755. The third-order valence-corrected chi connectivity index (χ3v) is 2.80. The lowest BCUT2D eigenvalue weighted by molar-refractivity contribution is 0.0458. The Labute approximate surface area is 119 Å². The molecule has 20 heavy (non-hydrogen) atoms. The molecule has 0 spiro atoms. The van der Waals surface area contributed by atoms with Gasteiger partial charge >= 0.3 is 5.97 Å². The van der Waals surface area contributed by atoms with Crippen molar-refractivity contribution in [1.29, 1.82) is 0 Å². The fraction of sp³-hybridized carbons (Fsp3) is 0.571. The minimum absolute atomic E-state index is 0.370. The summed E-state index contributed by atoms with van der Waals surface area (Å²) in [6, 6.07) is 3.36. The van der Waals surface area contributed by atoms with E-state index in [0.29, 0.717) is 30.2 Å². The van der Waals surface area contributed by atoms with Crippen LogP contribution < -0.4 is 5.32 Å². The highest BCUT2D eigenvalue weighted by molar-refractivity contribution is 5.90. The molecule has 0 aliphatic rings. The van der Waals surface area contributed by atoms with Gasteiger partial charge in [0.2, 0.25) is 0 Å². The van der Waals surface area contributed by atoms with E-state index in [0.717, 1.165) is 0 Å². The topological polar surface area (TPSA) is 74.7 Å². The molecule has 0 aromatic carbocycles. The lowest BCUT2D eigenvalue weighted by Crippen LogP contribution is -2.43. The number of aliphatic hydroxyl groups is 1. The molecule has 1 aromatic heterocycles. The van der Waals surface area contributed by atoms with Gasteiger partial charge in [0, 0.05) is 13.1 Å². The minimum atomic E-state index is -0.861. The van der Waals surface area contributed by atoms with E-state index >= 15 is 0 Å². The van der Waals surface area contributed by atoms with E-state index in [9.17, 15) is 9.90 Å². The number of esters is 1. The minimum Gasteiger partial charge on any atom is -0.465 e. The fourth-order valence-corrected chi connectivity index (χ4v) is 2.00. The number of aryl methyl sites for hydroxylation is 1. The Hall–Kier alpha value is -1.66. The number of rotatable bonds is 6. The van der Waals surface area contributed by atoms with Gasteiger partial charge in [0.15, 0.2) is 0 Å². The number of aromatic nitrogens is 1. The zero-order chi connectivity index (χ0) is 15.3. The zero-order valence-electron chi connectivity index (χ0n) is 12.7. The highest BCUT2D eigenvalue weighted by atomic mass is 16.5. The summed E-state index contributed by atoms with van der Waals surface area (Å²) in [4.78, 5) is 17.7. The van der Waals surface area contributed by atoms with Crippen LogP contribution in [0.25, 0.3) is 0 Å². The molecule has 112 valence electrons. The van der Waals surface area contributed by atoms with Crippen LogP contribution in [-0.4, -0.2) is 60.9 Å². The van der Waals surface area contributed by atoms with Crippen LogP contribution >= 0.6 is 0 Å². The van der Waals surface area contributed by atoms with Crippen LogP contribution in [0.4, 0.5) is 5.82 Å². The zero-order valence-corrected chi connectivity index (χ0v) is 12.7. The van der Waals surface area contributed by atoms with Gasteiger partial charge in [-0.1, -0.05) is 0 Å². The molecule has 0 fully saturated rings. The summed E-state index contributed by atoms with van der Waals surface area (Å²) in [5, 5.41) is 13.3. The van der Waals surface area contributed by atoms with Crippen molar-refractivity contribution in [3.63, 3.8) is 0 Å². The summed E-state index contributed by atoms with van der Waals surface area (Å²) in [5.41, 5.74) is 0.173. The first-order valence-electron chi connectivity index (χ1n) is 6.42. The summed E-state index contributed by atoms with van der Waals surface area (Å²) < 4.78 is 4.67.